The molecule has 1 unspecified atom stereocenters. The lowest BCUT2D eigenvalue weighted by Gasteiger charge is -2.15. The van der Waals surface area contributed by atoms with Crippen LogP contribution in [0.3, 0.4) is 0 Å². The molecular formula is C12H24N4O. The first-order valence-electron chi connectivity index (χ1n) is 6.23. The Labute approximate surface area is 103 Å². The summed E-state index contributed by atoms with van der Waals surface area (Å²) < 4.78 is 7.42. The second-order valence-electron chi connectivity index (χ2n) is 5.10. The fraction of sp³-hybridized carbons (Fsp3) is 0.833. The van der Waals surface area contributed by atoms with Gasteiger partial charge in [-0.3, -0.25) is 0 Å². The summed E-state index contributed by atoms with van der Waals surface area (Å²) in [5.74, 6) is 1.50. The maximum absolute atomic E-state index is 6.01. The maximum atomic E-state index is 6.01. The molecule has 5 heteroatoms. The van der Waals surface area contributed by atoms with Gasteiger partial charge in [-0.25, -0.2) is 9.67 Å². The molecule has 0 fully saturated rings. The maximum Gasteiger partial charge on any atom is 0.138 e. The van der Waals surface area contributed by atoms with Gasteiger partial charge in [0.2, 0.25) is 0 Å². The Balaban J connectivity index is 2.47. The van der Waals surface area contributed by atoms with Crippen molar-refractivity contribution in [2.75, 3.05) is 6.61 Å². The summed E-state index contributed by atoms with van der Waals surface area (Å²) >= 11 is 0. The van der Waals surface area contributed by atoms with Crippen LogP contribution >= 0.6 is 0 Å². The lowest BCUT2D eigenvalue weighted by atomic mass is 10.2. The van der Waals surface area contributed by atoms with Crippen molar-refractivity contribution in [3.05, 3.63) is 12.2 Å². The quantitative estimate of drug-likeness (QED) is 0.778. The number of hydrogen-bond acceptors (Lipinski definition) is 4. The monoisotopic (exact) mass is 240 g/mol. The first-order valence-corrected chi connectivity index (χ1v) is 6.23. The van der Waals surface area contributed by atoms with Crippen LogP contribution in [-0.2, 0) is 17.7 Å². The van der Waals surface area contributed by atoms with Gasteiger partial charge in [-0.05, 0) is 19.8 Å². The molecule has 1 heterocycles. The van der Waals surface area contributed by atoms with Crippen LogP contribution in [-0.4, -0.2) is 33.5 Å². The van der Waals surface area contributed by atoms with E-state index in [4.69, 9.17) is 10.5 Å². The Morgan fingerprint density at radius 3 is 2.65 bits per heavy atom. The second kappa shape index (κ2) is 6.71. The average Bonchev–Trinajstić information content (AvgIpc) is 2.62. The third-order valence-corrected chi connectivity index (χ3v) is 2.32. The molecule has 98 valence electrons. The van der Waals surface area contributed by atoms with Gasteiger partial charge in [0.1, 0.15) is 12.2 Å². The average molecular weight is 240 g/mol. The molecular weight excluding hydrogens is 216 g/mol. The van der Waals surface area contributed by atoms with Gasteiger partial charge in [-0.2, -0.15) is 5.10 Å². The van der Waals surface area contributed by atoms with E-state index in [-0.39, 0.29) is 12.1 Å². The third kappa shape index (κ3) is 5.28. The minimum absolute atomic E-state index is 0.0208. The van der Waals surface area contributed by atoms with Crippen molar-refractivity contribution in [3.63, 3.8) is 0 Å². The molecule has 1 aromatic heterocycles. The molecule has 17 heavy (non-hydrogen) atoms. The fourth-order valence-corrected chi connectivity index (χ4v) is 1.55. The van der Waals surface area contributed by atoms with E-state index in [0.29, 0.717) is 18.9 Å². The zero-order chi connectivity index (χ0) is 12.8. The Hall–Kier alpha value is -0.940. The third-order valence-electron chi connectivity index (χ3n) is 2.32. The summed E-state index contributed by atoms with van der Waals surface area (Å²) in [5.41, 5.74) is 6.01. The number of nitrogens with zero attached hydrogens (tertiary/aromatic N) is 3. The molecule has 0 radical (unpaired) electrons. The Morgan fingerprint density at radius 1 is 1.35 bits per heavy atom. The molecule has 0 bridgehead atoms. The van der Waals surface area contributed by atoms with Crippen LogP contribution in [0.2, 0.25) is 0 Å². The highest BCUT2D eigenvalue weighted by Crippen LogP contribution is 2.04. The van der Waals surface area contributed by atoms with E-state index in [0.717, 1.165) is 12.4 Å². The van der Waals surface area contributed by atoms with E-state index in [2.05, 4.69) is 23.9 Å². The number of nitrogens with two attached hydrogens (primary N) is 1. The van der Waals surface area contributed by atoms with Crippen molar-refractivity contribution in [2.24, 2.45) is 11.7 Å². The molecule has 1 rings (SSSR count). The van der Waals surface area contributed by atoms with Crippen LogP contribution in [0.4, 0.5) is 0 Å². The Morgan fingerprint density at radius 2 is 2.06 bits per heavy atom. The van der Waals surface area contributed by atoms with E-state index >= 15 is 0 Å². The molecule has 2 N–H and O–H groups in total. The molecule has 0 saturated heterocycles. The van der Waals surface area contributed by atoms with Crippen molar-refractivity contribution in [1.29, 1.82) is 0 Å². The van der Waals surface area contributed by atoms with E-state index < -0.39 is 0 Å². The van der Waals surface area contributed by atoms with Crippen LogP contribution in [0.15, 0.2) is 6.33 Å². The lowest BCUT2D eigenvalue weighted by molar-refractivity contribution is 0.0678. The minimum Gasteiger partial charge on any atom is -0.377 e. The molecule has 0 aliphatic rings. The van der Waals surface area contributed by atoms with Gasteiger partial charge < -0.3 is 10.5 Å². The van der Waals surface area contributed by atoms with Crippen LogP contribution < -0.4 is 5.73 Å². The molecule has 0 amide bonds. The van der Waals surface area contributed by atoms with Gasteiger partial charge in [0.25, 0.3) is 0 Å². The summed E-state index contributed by atoms with van der Waals surface area (Å²) in [4.78, 5) is 4.25. The highest BCUT2D eigenvalue weighted by molar-refractivity contribution is 4.89. The fourth-order valence-electron chi connectivity index (χ4n) is 1.55. The Kier molecular flexibility index (Phi) is 5.58. The predicted octanol–water partition coefficient (Wildman–Crippen LogP) is 1.23. The van der Waals surface area contributed by atoms with Gasteiger partial charge in [0.15, 0.2) is 0 Å². The van der Waals surface area contributed by atoms with Crippen LogP contribution in [0.5, 0.6) is 0 Å². The van der Waals surface area contributed by atoms with Crippen LogP contribution in [0, 0.1) is 5.92 Å². The number of rotatable bonds is 7. The lowest BCUT2D eigenvalue weighted by Crippen LogP contribution is -2.31. The van der Waals surface area contributed by atoms with Gasteiger partial charge >= 0.3 is 0 Å². The van der Waals surface area contributed by atoms with Crippen molar-refractivity contribution in [1.82, 2.24) is 14.8 Å². The summed E-state index contributed by atoms with van der Waals surface area (Å²) in [5, 5.41) is 4.21. The zero-order valence-electron chi connectivity index (χ0n) is 11.3. The van der Waals surface area contributed by atoms with E-state index in [9.17, 15) is 0 Å². The van der Waals surface area contributed by atoms with Crippen LogP contribution in [0.25, 0.3) is 0 Å². The first-order chi connectivity index (χ1) is 7.99. The summed E-state index contributed by atoms with van der Waals surface area (Å²) in [7, 11) is 0. The molecule has 1 atom stereocenters. The van der Waals surface area contributed by atoms with E-state index in [1.807, 2.05) is 18.5 Å². The number of hydrogen-bond donors (Lipinski definition) is 1. The summed E-state index contributed by atoms with van der Waals surface area (Å²) in [6, 6.07) is -0.0208. The highest BCUT2D eigenvalue weighted by atomic mass is 16.5. The van der Waals surface area contributed by atoms with Crippen LogP contribution in [0.1, 0.15) is 33.5 Å². The smallest absolute Gasteiger partial charge is 0.138 e. The van der Waals surface area contributed by atoms with Crippen molar-refractivity contribution in [3.8, 4) is 0 Å². The molecule has 0 aromatic carbocycles. The Bertz CT molecular complexity index is 322. The standard InChI is InChI=1S/C12H24N4O/c1-9(2)6-16-12(14-8-15-16)5-11(13)7-17-10(3)4/h8-11H,5-7,13H2,1-4H3. The topological polar surface area (TPSA) is 66.0 Å². The largest absolute Gasteiger partial charge is 0.377 e. The van der Waals surface area contributed by atoms with E-state index in [1.54, 1.807) is 6.33 Å². The van der Waals surface area contributed by atoms with Gasteiger partial charge in [-0.15, -0.1) is 0 Å². The van der Waals surface area contributed by atoms with Crippen molar-refractivity contribution >= 4 is 0 Å². The first kappa shape index (κ1) is 14.1. The summed E-state index contributed by atoms with van der Waals surface area (Å²) in [6.07, 6.45) is 2.52. The number of ether oxygens (including phenoxy) is 1. The summed E-state index contributed by atoms with van der Waals surface area (Å²) in [6.45, 7) is 9.78. The molecule has 1 aromatic rings. The minimum atomic E-state index is -0.0208. The second-order valence-corrected chi connectivity index (χ2v) is 5.10. The zero-order valence-corrected chi connectivity index (χ0v) is 11.3. The molecule has 0 saturated carbocycles. The van der Waals surface area contributed by atoms with E-state index in [1.165, 1.54) is 0 Å². The molecule has 0 aliphatic heterocycles. The van der Waals surface area contributed by atoms with Gasteiger partial charge in [-0.1, -0.05) is 13.8 Å². The predicted molar refractivity (Wildman–Crippen MR) is 67.6 cm³/mol. The molecule has 0 spiro atoms. The molecule has 0 aliphatic carbocycles. The molecule has 5 nitrogen and oxygen atoms in total. The normalized spacial score (nSPS) is 13.6. The van der Waals surface area contributed by atoms with Crippen molar-refractivity contribution < 1.29 is 4.74 Å². The highest BCUT2D eigenvalue weighted by Gasteiger charge is 2.11. The SMILES string of the molecule is CC(C)Cn1ncnc1CC(N)COC(C)C. The van der Waals surface area contributed by atoms with Gasteiger partial charge in [0, 0.05) is 19.0 Å². The number of aromatic nitrogens is 3. The van der Waals surface area contributed by atoms with Gasteiger partial charge in [0.05, 0.1) is 12.7 Å². The van der Waals surface area contributed by atoms with Crippen molar-refractivity contribution in [2.45, 2.75) is 52.8 Å².